The van der Waals surface area contributed by atoms with E-state index in [0.717, 1.165) is 12.0 Å². The lowest BCUT2D eigenvalue weighted by Gasteiger charge is -2.25. The Balaban J connectivity index is 2.09. The molecule has 0 spiro atoms. The number of hydrogen-bond donors (Lipinski definition) is 0. The van der Waals surface area contributed by atoms with E-state index in [9.17, 15) is 4.79 Å². The summed E-state index contributed by atoms with van der Waals surface area (Å²) in [6, 6.07) is 14.7. The monoisotopic (exact) mass is 250 g/mol. The number of ketones is 1. The fraction of sp³-hybridized carbons (Fsp3) is 0.278. The molecule has 0 N–H and O–H groups in total. The average Bonchev–Trinajstić information content (AvgIpc) is 2.43. The van der Waals surface area contributed by atoms with Crippen molar-refractivity contribution in [2.45, 2.75) is 32.6 Å². The van der Waals surface area contributed by atoms with Crippen molar-refractivity contribution in [3.05, 3.63) is 70.3 Å². The third kappa shape index (κ3) is 2.10. The van der Waals surface area contributed by atoms with Crippen molar-refractivity contribution in [1.82, 2.24) is 0 Å². The van der Waals surface area contributed by atoms with E-state index in [1.54, 1.807) is 0 Å². The molecule has 0 aliphatic heterocycles. The van der Waals surface area contributed by atoms with E-state index in [-0.39, 0.29) is 5.78 Å². The molecule has 0 amide bonds. The maximum atomic E-state index is 12.0. The van der Waals surface area contributed by atoms with E-state index in [4.69, 9.17) is 0 Å². The van der Waals surface area contributed by atoms with Crippen LogP contribution in [0, 0.1) is 13.8 Å². The largest absolute Gasteiger partial charge is 0.294 e. The number of fused-ring (bicyclic) bond motifs is 1. The van der Waals surface area contributed by atoms with Gasteiger partial charge in [-0.2, -0.15) is 0 Å². The lowest BCUT2D eigenvalue weighted by atomic mass is 9.78. The van der Waals surface area contributed by atoms with Crippen LogP contribution in [-0.2, 0) is 0 Å². The summed E-state index contributed by atoms with van der Waals surface area (Å²) in [6.45, 7) is 4.29. The van der Waals surface area contributed by atoms with Gasteiger partial charge < -0.3 is 0 Å². The molecule has 1 atom stereocenters. The van der Waals surface area contributed by atoms with Gasteiger partial charge in [-0.05, 0) is 42.5 Å². The van der Waals surface area contributed by atoms with Crippen LogP contribution in [-0.4, -0.2) is 5.78 Å². The van der Waals surface area contributed by atoms with Crippen LogP contribution in [0.25, 0.3) is 0 Å². The third-order valence-corrected chi connectivity index (χ3v) is 4.23. The Morgan fingerprint density at radius 3 is 2.58 bits per heavy atom. The highest BCUT2D eigenvalue weighted by Crippen LogP contribution is 2.36. The molecule has 1 heteroatoms. The molecule has 1 aliphatic rings. The van der Waals surface area contributed by atoms with Gasteiger partial charge >= 0.3 is 0 Å². The maximum absolute atomic E-state index is 12.0. The molecule has 0 fully saturated rings. The minimum atomic E-state index is 0.288. The molecule has 0 bridgehead atoms. The van der Waals surface area contributed by atoms with Crippen LogP contribution in [0.5, 0.6) is 0 Å². The summed E-state index contributed by atoms with van der Waals surface area (Å²) in [5.74, 6) is 0.656. The van der Waals surface area contributed by atoms with Crippen LogP contribution >= 0.6 is 0 Å². The predicted octanol–water partition coefficient (Wildman–Crippen LogP) is 4.41. The number of hydrogen-bond acceptors (Lipinski definition) is 1. The molecular weight excluding hydrogens is 232 g/mol. The van der Waals surface area contributed by atoms with Crippen LogP contribution < -0.4 is 0 Å². The van der Waals surface area contributed by atoms with Crippen molar-refractivity contribution in [2.75, 3.05) is 0 Å². The van der Waals surface area contributed by atoms with Gasteiger partial charge in [0.15, 0.2) is 5.78 Å². The van der Waals surface area contributed by atoms with E-state index in [2.05, 4.69) is 38.1 Å². The minimum Gasteiger partial charge on any atom is -0.294 e. The molecule has 0 radical (unpaired) electrons. The molecule has 0 aromatic heterocycles. The molecular formula is C18H18O. The van der Waals surface area contributed by atoms with Gasteiger partial charge in [0.1, 0.15) is 0 Å². The second-order valence-electron chi connectivity index (χ2n) is 5.45. The maximum Gasteiger partial charge on any atom is 0.163 e. The topological polar surface area (TPSA) is 17.1 Å². The van der Waals surface area contributed by atoms with E-state index in [1.165, 1.54) is 22.3 Å². The standard InChI is InChI=1S/C18H18O/c1-12-7-8-14(11-13(12)2)15-9-10-18(19)17-6-4-3-5-16(15)17/h3-8,11,15H,9-10H2,1-2H3/t15-/m0/s1. The molecule has 2 aromatic rings. The minimum absolute atomic E-state index is 0.288. The van der Waals surface area contributed by atoms with Crippen molar-refractivity contribution in [2.24, 2.45) is 0 Å². The van der Waals surface area contributed by atoms with Crippen LogP contribution in [0.4, 0.5) is 0 Å². The first-order chi connectivity index (χ1) is 9.16. The van der Waals surface area contributed by atoms with Crippen LogP contribution in [0.2, 0.25) is 0 Å². The molecule has 0 saturated heterocycles. The molecule has 19 heavy (non-hydrogen) atoms. The quantitative estimate of drug-likeness (QED) is 0.732. The van der Waals surface area contributed by atoms with Crippen LogP contribution in [0.15, 0.2) is 42.5 Å². The molecule has 0 heterocycles. The van der Waals surface area contributed by atoms with E-state index in [0.29, 0.717) is 12.3 Å². The van der Waals surface area contributed by atoms with Gasteiger partial charge in [0.25, 0.3) is 0 Å². The molecule has 96 valence electrons. The Morgan fingerprint density at radius 2 is 1.79 bits per heavy atom. The molecule has 1 nitrogen and oxygen atoms in total. The molecule has 2 aromatic carbocycles. The zero-order chi connectivity index (χ0) is 13.4. The normalized spacial score (nSPS) is 18.2. The van der Waals surface area contributed by atoms with E-state index >= 15 is 0 Å². The SMILES string of the molecule is Cc1ccc([C@@H]2CCC(=O)c3ccccc32)cc1C. The van der Waals surface area contributed by atoms with Gasteiger partial charge in [0.2, 0.25) is 0 Å². The highest BCUT2D eigenvalue weighted by molar-refractivity contribution is 5.99. The fourth-order valence-corrected chi connectivity index (χ4v) is 2.95. The van der Waals surface area contributed by atoms with Crippen molar-refractivity contribution in [3.63, 3.8) is 0 Å². The van der Waals surface area contributed by atoms with Gasteiger partial charge in [-0.15, -0.1) is 0 Å². The van der Waals surface area contributed by atoms with Crippen molar-refractivity contribution < 1.29 is 4.79 Å². The number of carbonyl (C=O) groups is 1. The highest BCUT2D eigenvalue weighted by Gasteiger charge is 2.26. The summed E-state index contributed by atoms with van der Waals surface area (Å²) in [5, 5.41) is 0. The van der Waals surface area contributed by atoms with Crippen molar-refractivity contribution in [1.29, 1.82) is 0 Å². The van der Waals surface area contributed by atoms with Gasteiger partial charge in [-0.1, -0.05) is 42.5 Å². The average molecular weight is 250 g/mol. The summed E-state index contributed by atoms with van der Waals surface area (Å²) in [6.07, 6.45) is 1.59. The van der Waals surface area contributed by atoms with Gasteiger partial charge in [-0.3, -0.25) is 4.79 Å². The molecule has 3 rings (SSSR count). The Morgan fingerprint density at radius 1 is 1.00 bits per heavy atom. The van der Waals surface area contributed by atoms with Crippen molar-refractivity contribution in [3.8, 4) is 0 Å². The lowest BCUT2D eigenvalue weighted by molar-refractivity contribution is 0.0969. The lowest BCUT2D eigenvalue weighted by Crippen LogP contribution is -2.16. The zero-order valence-electron chi connectivity index (χ0n) is 11.4. The number of carbonyl (C=O) groups excluding carboxylic acids is 1. The first-order valence-corrected chi connectivity index (χ1v) is 6.86. The van der Waals surface area contributed by atoms with Gasteiger partial charge in [-0.25, -0.2) is 0 Å². The van der Waals surface area contributed by atoms with Crippen LogP contribution in [0.1, 0.15) is 51.4 Å². The highest BCUT2D eigenvalue weighted by atomic mass is 16.1. The predicted molar refractivity (Wildman–Crippen MR) is 77.8 cm³/mol. The second-order valence-corrected chi connectivity index (χ2v) is 5.45. The van der Waals surface area contributed by atoms with Gasteiger partial charge in [0.05, 0.1) is 0 Å². The fourth-order valence-electron chi connectivity index (χ4n) is 2.95. The zero-order valence-corrected chi connectivity index (χ0v) is 11.4. The Kier molecular flexibility index (Phi) is 2.98. The summed E-state index contributed by atoms with van der Waals surface area (Å²) >= 11 is 0. The number of Topliss-reactive ketones (excluding diaryl/α,β-unsaturated/α-hetero) is 1. The third-order valence-electron chi connectivity index (χ3n) is 4.23. The van der Waals surface area contributed by atoms with Gasteiger partial charge in [0, 0.05) is 17.9 Å². The van der Waals surface area contributed by atoms with E-state index < -0.39 is 0 Å². The number of rotatable bonds is 1. The smallest absolute Gasteiger partial charge is 0.163 e. The molecule has 1 aliphatic carbocycles. The number of aryl methyl sites for hydroxylation is 2. The Bertz CT molecular complexity index is 640. The summed E-state index contributed by atoms with van der Waals surface area (Å²) in [5.41, 5.74) is 6.10. The van der Waals surface area contributed by atoms with Crippen molar-refractivity contribution >= 4 is 5.78 Å². The summed E-state index contributed by atoms with van der Waals surface area (Å²) in [4.78, 5) is 12.0. The summed E-state index contributed by atoms with van der Waals surface area (Å²) in [7, 11) is 0. The Hall–Kier alpha value is -1.89. The molecule has 0 unspecified atom stereocenters. The summed E-state index contributed by atoms with van der Waals surface area (Å²) < 4.78 is 0. The Labute approximate surface area is 114 Å². The first-order valence-electron chi connectivity index (χ1n) is 6.86. The molecule has 0 saturated carbocycles. The van der Waals surface area contributed by atoms with Crippen LogP contribution in [0.3, 0.4) is 0 Å². The second kappa shape index (κ2) is 4.65. The number of benzene rings is 2. The first kappa shape index (κ1) is 12.2. The van der Waals surface area contributed by atoms with E-state index in [1.807, 2.05) is 18.2 Å².